The van der Waals surface area contributed by atoms with Crippen LogP contribution in [0.15, 0.2) is 40.2 Å². The number of fused-ring (bicyclic) bond motifs is 1. The number of pyridine rings is 1. The third-order valence-corrected chi connectivity index (χ3v) is 9.97. The standard InChI is InChI=1S/C28H34ClN5OS/c1-18-13-22(36-21-9-11-28(12-10-21)16-33(2)17-28)7-8-24(18)31-27-30-15-19-14-23(29)26(35)34(25(19)32-27)20-5-3-4-6-20/h7-8,13-15,20-21H,3-6,9-12,16-17H2,1-2H3,(H,30,31,32). The van der Waals surface area contributed by atoms with Gasteiger partial charge in [0.05, 0.1) is 0 Å². The monoisotopic (exact) mass is 523 g/mol. The average Bonchev–Trinajstić information content (AvgIpc) is 3.37. The summed E-state index contributed by atoms with van der Waals surface area (Å²) in [5.74, 6) is 0.502. The molecule has 3 fully saturated rings. The molecule has 3 aliphatic rings. The van der Waals surface area contributed by atoms with Crippen LogP contribution in [0.4, 0.5) is 11.6 Å². The Labute approximate surface area is 221 Å². The van der Waals surface area contributed by atoms with Gasteiger partial charge in [-0.15, -0.1) is 11.8 Å². The molecule has 0 radical (unpaired) electrons. The Morgan fingerprint density at radius 2 is 1.86 bits per heavy atom. The van der Waals surface area contributed by atoms with Gasteiger partial charge in [0.2, 0.25) is 5.95 Å². The summed E-state index contributed by atoms with van der Waals surface area (Å²) in [6.45, 7) is 4.69. The van der Waals surface area contributed by atoms with Crippen LogP contribution in [0.1, 0.15) is 63.0 Å². The lowest BCUT2D eigenvalue weighted by Gasteiger charge is -2.52. The molecule has 2 saturated carbocycles. The topological polar surface area (TPSA) is 63.1 Å². The zero-order valence-electron chi connectivity index (χ0n) is 21.1. The van der Waals surface area contributed by atoms with Crippen LogP contribution in [0.3, 0.4) is 0 Å². The molecule has 1 N–H and O–H groups in total. The van der Waals surface area contributed by atoms with E-state index in [1.165, 1.54) is 49.2 Å². The van der Waals surface area contributed by atoms with Crippen molar-refractivity contribution in [2.45, 2.75) is 74.5 Å². The molecule has 1 aromatic carbocycles. The minimum Gasteiger partial charge on any atom is -0.324 e. The van der Waals surface area contributed by atoms with Gasteiger partial charge in [-0.3, -0.25) is 9.36 Å². The molecule has 1 spiro atoms. The molecule has 1 saturated heterocycles. The van der Waals surface area contributed by atoms with E-state index in [1.807, 2.05) is 11.8 Å². The van der Waals surface area contributed by atoms with Gasteiger partial charge in [-0.2, -0.15) is 4.98 Å². The van der Waals surface area contributed by atoms with Gasteiger partial charge >= 0.3 is 0 Å². The lowest BCUT2D eigenvalue weighted by Crippen LogP contribution is -2.55. The van der Waals surface area contributed by atoms with Crippen molar-refractivity contribution in [2.24, 2.45) is 5.41 Å². The third-order valence-electron chi connectivity index (χ3n) is 8.37. The highest BCUT2D eigenvalue weighted by molar-refractivity contribution is 8.00. The van der Waals surface area contributed by atoms with Crippen molar-refractivity contribution in [1.82, 2.24) is 19.4 Å². The lowest BCUT2D eigenvalue weighted by molar-refractivity contribution is -0.00813. The quantitative estimate of drug-likeness (QED) is 0.407. The molecule has 2 aliphatic carbocycles. The van der Waals surface area contributed by atoms with Crippen molar-refractivity contribution in [3.8, 4) is 0 Å². The number of benzene rings is 1. The highest BCUT2D eigenvalue weighted by Gasteiger charge is 2.43. The maximum atomic E-state index is 12.9. The van der Waals surface area contributed by atoms with Crippen LogP contribution in [-0.2, 0) is 0 Å². The molecule has 0 atom stereocenters. The van der Waals surface area contributed by atoms with Gasteiger partial charge in [0.1, 0.15) is 10.7 Å². The highest BCUT2D eigenvalue weighted by atomic mass is 35.5. The second-order valence-corrected chi connectivity index (χ2v) is 13.0. The fraction of sp³-hybridized carbons (Fsp3) is 0.536. The third kappa shape index (κ3) is 4.66. The largest absolute Gasteiger partial charge is 0.324 e. The van der Waals surface area contributed by atoms with Gasteiger partial charge in [0.15, 0.2) is 0 Å². The number of aromatic nitrogens is 3. The molecule has 190 valence electrons. The lowest BCUT2D eigenvalue weighted by atomic mass is 9.69. The van der Waals surface area contributed by atoms with Gasteiger partial charge < -0.3 is 10.2 Å². The SMILES string of the molecule is Cc1cc(SC2CCC3(CC2)CN(C)C3)ccc1Nc1ncc2cc(Cl)c(=O)n(C3CCCC3)c2n1. The molecule has 1 aliphatic heterocycles. The predicted molar refractivity (Wildman–Crippen MR) is 149 cm³/mol. The minimum absolute atomic E-state index is 0.152. The van der Waals surface area contributed by atoms with Crippen LogP contribution >= 0.6 is 23.4 Å². The number of nitrogens with zero attached hydrogens (tertiary/aromatic N) is 4. The smallest absolute Gasteiger partial charge is 0.271 e. The molecule has 0 bridgehead atoms. The molecule has 6 nitrogen and oxygen atoms in total. The first-order valence-corrected chi connectivity index (χ1v) is 14.5. The minimum atomic E-state index is -0.156. The maximum absolute atomic E-state index is 12.9. The van der Waals surface area contributed by atoms with E-state index in [0.29, 0.717) is 22.3 Å². The molecule has 2 aromatic heterocycles. The van der Waals surface area contributed by atoms with E-state index in [4.69, 9.17) is 16.6 Å². The van der Waals surface area contributed by atoms with E-state index >= 15 is 0 Å². The van der Waals surface area contributed by atoms with Crippen molar-refractivity contribution in [3.05, 3.63) is 51.4 Å². The Kier molecular flexibility index (Phi) is 6.51. The first-order valence-electron chi connectivity index (χ1n) is 13.2. The van der Waals surface area contributed by atoms with E-state index in [9.17, 15) is 4.79 Å². The summed E-state index contributed by atoms with van der Waals surface area (Å²) < 4.78 is 1.79. The normalized spacial score (nSPS) is 20.8. The van der Waals surface area contributed by atoms with Crippen LogP contribution in [0.25, 0.3) is 11.0 Å². The van der Waals surface area contributed by atoms with E-state index < -0.39 is 0 Å². The summed E-state index contributed by atoms with van der Waals surface area (Å²) in [5, 5.41) is 5.13. The van der Waals surface area contributed by atoms with Crippen molar-refractivity contribution in [3.63, 3.8) is 0 Å². The molecule has 36 heavy (non-hydrogen) atoms. The van der Waals surface area contributed by atoms with E-state index in [1.54, 1.807) is 16.8 Å². The second kappa shape index (κ2) is 9.66. The Balaban J connectivity index is 1.18. The molecule has 3 aromatic rings. The predicted octanol–water partition coefficient (Wildman–Crippen LogP) is 6.58. The molecule has 6 rings (SSSR count). The Morgan fingerprint density at radius 1 is 1.11 bits per heavy atom. The summed E-state index contributed by atoms with van der Waals surface area (Å²) in [4.78, 5) is 26.0. The van der Waals surface area contributed by atoms with Crippen molar-refractivity contribution >= 4 is 46.0 Å². The van der Waals surface area contributed by atoms with Crippen molar-refractivity contribution in [2.75, 3.05) is 25.5 Å². The summed E-state index contributed by atoms with van der Waals surface area (Å²) in [6, 6.07) is 8.43. The van der Waals surface area contributed by atoms with Crippen LogP contribution < -0.4 is 10.9 Å². The van der Waals surface area contributed by atoms with Gasteiger partial charge in [-0.25, -0.2) is 4.98 Å². The van der Waals surface area contributed by atoms with Crippen molar-refractivity contribution < 1.29 is 0 Å². The number of halogens is 1. The number of aryl methyl sites for hydroxylation is 1. The van der Waals surface area contributed by atoms with Crippen LogP contribution in [0, 0.1) is 12.3 Å². The van der Waals surface area contributed by atoms with Gasteiger partial charge in [0.25, 0.3) is 5.56 Å². The molecule has 8 heteroatoms. The van der Waals surface area contributed by atoms with E-state index in [-0.39, 0.29) is 16.6 Å². The van der Waals surface area contributed by atoms with Crippen LogP contribution in [0.2, 0.25) is 5.02 Å². The molecule has 3 heterocycles. The number of hydrogen-bond acceptors (Lipinski definition) is 6. The number of hydrogen-bond donors (Lipinski definition) is 1. The molecular formula is C28H34ClN5OS. The fourth-order valence-corrected chi connectivity index (χ4v) is 8.00. The Bertz CT molecular complexity index is 1340. The van der Waals surface area contributed by atoms with Crippen LogP contribution in [0.5, 0.6) is 0 Å². The van der Waals surface area contributed by atoms with Gasteiger partial charge in [-0.05, 0) is 87.7 Å². The number of nitrogens with one attached hydrogen (secondary N) is 1. The molecule has 0 amide bonds. The molecule has 0 unspecified atom stereocenters. The zero-order valence-corrected chi connectivity index (χ0v) is 22.7. The number of likely N-dealkylation sites (tertiary alicyclic amines) is 1. The molecular weight excluding hydrogens is 490 g/mol. The maximum Gasteiger partial charge on any atom is 0.271 e. The Morgan fingerprint density at radius 3 is 2.56 bits per heavy atom. The van der Waals surface area contributed by atoms with E-state index in [2.05, 4.69) is 47.4 Å². The average molecular weight is 524 g/mol. The summed E-state index contributed by atoms with van der Waals surface area (Å²) in [6.07, 6.45) is 11.3. The highest BCUT2D eigenvalue weighted by Crippen LogP contribution is 2.47. The first-order chi connectivity index (χ1) is 17.4. The summed E-state index contributed by atoms with van der Waals surface area (Å²) in [5.41, 5.74) is 3.27. The Hall–Kier alpha value is -2.09. The van der Waals surface area contributed by atoms with Gasteiger partial charge in [-0.1, -0.05) is 24.4 Å². The van der Waals surface area contributed by atoms with Crippen molar-refractivity contribution in [1.29, 1.82) is 0 Å². The second-order valence-electron chi connectivity index (χ2n) is 11.2. The first kappa shape index (κ1) is 24.3. The van der Waals surface area contributed by atoms with E-state index in [0.717, 1.165) is 36.8 Å². The fourth-order valence-electron chi connectivity index (χ4n) is 6.55. The van der Waals surface area contributed by atoms with Crippen LogP contribution in [-0.4, -0.2) is 44.8 Å². The number of rotatable bonds is 5. The van der Waals surface area contributed by atoms with Gasteiger partial charge in [0, 0.05) is 46.5 Å². The number of thioether (sulfide) groups is 1. The summed E-state index contributed by atoms with van der Waals surface area (Å²) in [7, 11) is 2.23. The number of anilines is 2. The zero-order chi connectivity index (χ0) is 24.9. The summed E-state index contributed by atoms with van der Waals surface area (Å²) >= 11 is 8.30.